The summed E-state index contributed by atoms with van der Waals surface area (Å²) in [6.45, 7) is 1.93. The fourth-order valence-corrected chi connectivity index (χ4v) is 2.86. The number of nitro groups is 1. The molecule has 3 aromatic rings. The Labute approximate surface area is 172 Å². The van der Waals surface area contributed by atoms with Crippen LogP contribution in [0.1, 0.15) is 27.0 Å². The first-order valence-corrected chi connectivity index (χ1v) is 9.02. The number of carbonyl (C=O) groups excluding carboxylic acids is 1. The second-order valence-corrected chi connectivity index (χ2v) is 6.58. The number of anilines is 1. The Morgan fingerprint density at radius 1 is 0.933 bits per heavy atom. The van der Waals surface area contributed by atoms with Gasteiger partial charge in [-0.05, 0) is 48.9 Å². The van der Waals surface area contributed by atoms with Gasteiger partial charge in [-0.1, -0.05) is 35.9 Å². The lowest BCUT2D eigenvalue weighted by molar-refractivity contribution is -0.384. The first-order valence-electron chi connectivity index (χ1n) is 9.02. The first kappa shape index (κ1) is 20.5. The highest BCUT2D eigenvalue weighted by molar-refractivity contribution is 6.30. The van der Waals surface area contributed by atoms with Crippen LogP contribution in [0.3, 0.4) is 0 Å². The molecule has 0 unspecified atom stereocenters. The van der Waals surface area contributed by atoms with Gasteiger partial charge in [0.25, 0.3) is 11.6 Å². The number of amides is 1. The molecule has 0 spiro atoms. The van der Waals surface area contributed by atoms with Gasteiger partial charge in [-0.2, -0.15) is 0 Å². The number of nitrogens with zero attached hydrogens (tertiary/aromatic N) is 1. The first-order chi connectivity index (χ1) is 14.3. The molecule has 0 atom stereocenters. The number of carboxylic acid groups (broad SMARTS) is 1. The van der Waals surface area contributed by atoms with E-state index in [1.54, 1.807) is 30.3 Å². The Morgan fingerprint density at radius 3 is 2.10 bits per heavy atom. The molecule has 0 aliphatic heterocycles. The Morgan fingerprint density at radius 2 is 1.53 bits per heavy atom. The van der Waals surface area contributed by atoms with Gasteiger partial charge >= 0.3 is 5.97 Å². The maximum absolute atomic E-state index is 13.1. The van der Waals surface area contributed by atoms with Gasteiger partial charge in [0, 0.05) is 29.0 Å². The Balaban J connectivity index is 2.06. The summed E-state index contributed by atoms with van der Waals surface area (Å²) >= 11 is 0. The molecule has 3 aromatic carbocycles. The van der Waals surface area contributed by atoms with Crippen LogP contribution in [0.4, 0.5) is 11.4 Å². The van der Waals surface area contributed by atoms with Gasteiger partial charge in [0.15, 0.2) is 0 Å². The number of hydrogen-bond acceptors (Lipinski definition) is 4. The van der Waals surface area contributed by atoms with Crippen LogP contribution < -0.4 is 5.32 Å². The third-order valence-corrected chi connectivity index (χ3v) is 4.42. The fourth-order valence-electron chi connectivity index (χ4n) is 2.86. The largest absolute Gasteiger partial charge is 0.478 e. The van der Waals surface area contributed by atoms with Crippen molar-refractivity contribution in [3.8, 4) is 0 Å². The summed E-state index contributed by atoms with van der Waals surface area (Å²) in [6.07, 6.45) is 1.51. The number of nitrogens with one attached hydrogen (secondary N) is 1. The molecule has 2 N–H and O–H groups in total. The molecule has 0 fully saturated rings. The normalized spacial score (nSPS) is 11.0. The average molecular weight is 402 g/mol. The lowest BCUT2D eigenvalue weighted by Gasteiger charge is -2.12. The number of aryl methyl sites for hydroxylation is 1. The number of carbonyl (C=O) groups is 2. The molecule has 1 amide bonds. The van der Waals surface area contributed by atoms with Crippen molar-refractivity contribution in [2.45, 2.75) is 6.92 Å². The number of nitro benzene ring substituents is 1. The minimum Gasteiger partial charge on any atom is -0.478 e. The summed E-state index contributed by atoms with van der Waals surface area (Å²) in [6, 6.07) is 19.0. The zero-order chi connectivity index (χ0) is 21.7. The molecular formula is C23H18N2O5. The van der Waals surface area contributed by atoms with E-state index < -0.39 is 16.8 Å². The molecule has 0 aromatic heterocycles. The number of non-ortho nitro benzene ring substituents is 1. The molecule has 0 saturated heterocycles. The predicted molar refractivity (Wildman–Crippen MR) is 114 cm³/mol. The van der Waals surface area contributed by atoms with Crippen molar-refractivity contribution in [3.63, 3.8) is 0 Å². The van der Waals surface area contributed by atoms with Crippen LogP contribution in [0, 0.1) is 17.0 Å². The van der Waals surface area contributed by atoms with E-state index in [2.05, 4.69) is 5.32 Å². The van der Waals surface area contributed by atoms with Gasteiger partial charge in [0.2, 0.25) is 0 Å². The van der Waals surface area contributed by atoms with E-state index >= 15 is 0 Å². The smallest absolute Gasteiger partial charge is 0.336 e. The topological polar surface area (TPSA) is 110 Å². The van der Waals surface area contributed by atoms with Crippen LogP contribution in [0.2, 0.25) is 0 Å². The molecule has 7 nitrogen and oxygen atoms in total. The summed E-state index contributed by atoms with van der Waals surface area (Å²) in [7, 11) is 0. The second-order valence-electron chi connectivity index (χ2n) is 6.58. The molecule has 0 aliphatic carbocycles. The highest BCUT2D eigenvalue weighted by Gasteiger charge is 2.19. The van der Waals surface area contributed by atoms with Crippen molar-refractivity contribution in [2.24, 2.45) is 0 Å². The number of benzene rings is 3. The number of carboxylic acids is 1. The van der Waals surface area contributed by atoms with Gasteiger partial charge in [0.05, 0.1) is 10.5 Å². The summed E-state index contributed by atoms with van der Waals surface area (Å²) in [5.41, 5.74) is 2.39. The van der Waals surface area contributed by atoms with Crippen molar-refractivity contribution in [1.82, 2.24) is 0 Å². The van der Waals surface area contributed by atoms with Crippen LogP contribution in [-0.4, -0.2) is 21.9 Å². The zero-order valence-corrected chi connectivity index (χ0v) is 16.0. The third-order valence-electron chi connectivity index (χ3n) is 4.42. The Kier molecular flexibility index (Phi) is 6.03. The summed E-state index contributed by atoms with van der Waals surface area (Å²) in [5.74, 6) is -1.66. The lowest BCUT2D eigenvalue weighted by Crippen LogP contribution is -2.15. The number of hydrogen-bond donors (Lipinski definition) is 2. The van der Waals surface area contributed by atoms with Crippen LogP contribution in [-0.2, 0) is 4.79 Å². The van der Waals surface area contributed by atoms with Gasteiger partial charge in [-0.15, -0.1) is 0 Å². The minimum atomic E-state index is -1.16. The van der Waals surface area contributed by atoms with E-state index in [9.17, 15) is 24.8 Å². The SMILES string of the molecule is Cc1ccc(NC(=O)/C(=C\c2ccc([N+](=O)[O-])cc2)c2ccccc2C(=O)O)cc1. The fraction of sp³-hybridized carbons (Fsp3) is 0.0435. The quantitative estimate of drug-likeness (QED) is 0.267. The Hall–Kier alpha value is -4.26. The molecule has 0 radical (unpaired) electrons. The van der Waals surface area contributed by atoms with Crippen LogP contribution in [0.15, 0.2) is 72.8 Å². The summed E-state index contributed by atoms with van der Waals surface area (Å²) in [5, 5.41) is 23.2. The highest BCUT2D eigenvalue weighted by Crippen LogP contribution is 2.25. The molecule has 3 rings (SSSR count). The third kappa shape index (κ3) is 4.77. The summed E-state index contributed by atoms with van der Waals surface area (Å²) < 4.78 is 0. The number of rotatable bonds is 6. The minimum absolute atomic E-state index is 0.0234. The average Bonchev–Trinajstić information content (AvgIpc) is 2.74. The monoisotopic (exact) mass is 402 g/mol. The lowest BCUT2D eigenvalue weighted by atomic mass is 9.96. The molecular weight excluding hydrogens is 384 g/mol. The van der Waals surface area contributed by atoms with Gasteiger partial charge in [-0.3, -0.25) is 14.9 Å². The van der Waals surface area contributed by atoms with Gasteiger partial charge < -0.3 is 10.4 Å². The van der Waals surface area contributed by atoms with Crippen molar-refractivity contribution in [3.05, 3.63) is 105 Å². The summed E-state index contributed by atoms with van der Waals surface area (Å²) in [4.78, 5) is 35.1. The maximum atomic E-state index is 13.1. The van der Waals surface area contributed by atoms with Crippen LogP contribution >= 0.6 is 0 Å². The maximum Gasteiger partial charge on any atom is 0.336 e. The second kappa shape index (κ2) is 8.83. The van der Waals surface area contributed by atoms with Crippen molar-refractivity contribution in [1.29, 1.82) is 0 Å². The van der Waals surface area contributed by atoms with Crippen LogP contribution in [0.25, 0.3) is 11.6 Å². The molecule has 0 aliphatic rings. The van der Waals surface area contributed by atoms with Crippen molar-refractivity contribution < 1.29 is 19.6 Å². The highest BCUT2D eigenvalue weighted by atomic mass is 16.6. The van der Waals surface area contributed by atoms with Crippen molar-refractivity contribution >= 4 is 34.9 Å². The zero-order valence-electron chi connectivity index (χ0n) is 16.0. The van der Waals surface area contributed by atoms with E-state index in [1.165, 1.54) is 36.4 Å². The van der Waals surface area contributed by atoms with E-state index in [1.807, 2.05) is 19.1 Å². The molecule has 7 heteroatoms. The molecule has 0 heterocycles. The standard InChI is InChI=1S/C23H18N2O5/c1-15-6-10-17(11-7-15)24-22(26)21(19-4-2-3-5-20(19)23(27)28)14-16-8-12-18(13-9-16)25(29)30/h2-14H,1H3,(H,24,26)(H,27,28)/b21-14-. The molecule has 30 heavy (non-hydrogen) atoms. The van der Waals surface area contributed by atoms with E-state index in [0.29, 0.717) is 11.3 Å². The van der Waals surface area contributed by atoms with Gasteiger partial charge in [0.1, 0.15) is 0 Å². The van der Waals surface area contributed by atoms with E-state index in [4.69, 9.17) is 0 Å². The Bertz CT molecular complexity index is 1130. The molecule has 0 saturated carbocycles. The van der Waals surface area contributed by atoms with Crippen LogP contribution in [0.5, 0.6) is 0 Å². The number of aromatic carboxylic acids is 1. The van der Waals surface area contributed by atoms with Gasteiger partial charge in [-0.25, -0.2) is 4.79 Å². The molecule has 150 valence electrons. The predicted octanol–water partition coefficient (Wildman–Crippen LogP) is 4.78. The molecule has 0 bridgehead atoms. The van der Waals surface area contributed by atoms with E-state index in [-0.39, 0.29) is 22.4 Å². The van der Waals surface area contributed by atoms with E-state index in [0.717, 1.165) is 5.56 Å². The van der Waals surface area contributed by atoms with Crippen molar-refractivity contribution in [2.75, 3.05) is 5.32 Å².